The number of phenolic OH excluding ortho intramolecular Hbond substituents is 1. The maximum absolute atomic E-state index is 9.82. The first-order valence-electron chi connectivity index (χ1n) is 7.31. The van der Waals surface area contributed by atoms with Crippen LogP contribution < -0.4 is 5.73 Å². The number of phenols is 1. The summed E-state index contributed by atoms with van der Waals surface area (Å²) < 4.78 is 0. The number of thioether (sulfide) groups is 1. The van der Waals surface area contributed by atoms with Crippen LogP contribution in [0, 0.1) is 0 Å². The number of nitrogens with two attached hydrogens (primary N) is 1. The van der Waals surface area contributed by atoms with Crippen LogP contribution in [0.3, 0.4) is 0 Å². The van der Waals surface area contributed by atoms with E-state index in [0.29, 0.717) is 11.0 Å². The second-order valence-corrected chi connectivity index (χ2v) is 7.56. The Morgan fingerprint density at radius 2 is 2.16 bits per heavy atom. The smallest absolute Gasteiger partial charge is 0.115 e. The van der Waals surface area contributed by atoms with Gasteiger partial charge in [-0.25, -0.2) is 0 Å². The molecule has 2 aliphatic rings. The fourth-order valence-corrected chi connectivity index (χ4v) is 5.16. The molecule has 3 atom stereocenters. The van der Waals surface area contributed by atoms with Crippen molar-refractivity contribution in [3.63, 3.8) is 0 Å². The third kappa shape index (κ3) is 2.27. The van der Waals surface area contributed by atoms with Gasteiger partial charge in [0.25, 0.3) is 0 Å². The van der Waals surface area contributed by atoms with Crippen molar-refractivity contribution in [2.24, 2.45) is 5.73 Å². The largest absolute Gasteiger partial charge is 0.508 e. The Balaban J connectivity index is 2.08. The molecule has 19 heavy (non-hydrogen) atoms. The lowest BCUT2D eigenvalue weighted by Gasteiger charge is -2.45. The lowest BCUT2D eigenvalue weighted by atomic mass is 9.65. The van der Waals surface area contributed by atoms with Crippen LogP contribution in [0.25, 0.3) is 0 Å². The summed E-state index contributed by atoms with van der Waals surface area (Å²) in [5.41, 5.74) is 9.32. The zero-order chi connectivity index (χ0) is 13.5. The van der Waals surface area contributed by atoms with Crippen molar-refractivity contribution >= 4 is 11.8 Å². The predicted octanol–water partition coefficient (Wildman–Crippen LogP) is 3.21. The van der Waals surface area contributed by atoms with Gasteiger partial charge < -0.3 is 10.8 Å². The third-order valence-corrected chi connectivity index (χ3v) is 6.35. The number of hydrogen-bond acceptors (Lipinski definition) is 3. The van der Waals surface area contributed by atoms with Crippen molar-refractivity contribution in [2.45, 2.75) is 55.7 Å². The molecular weight excluding hydrogens is 254 g/mol. The Labute approximate surface area is 119 Å². The second kappa shape index (κ2) is 5.02. The fraction of sp³-hybridized carbons (Fsp3) is 0.625. The fourth-order valence-electron chi connectivity index (χ4n) is 3.68. The van der Waals surface area contributed by atoms with E-state index in [1.165, 1.54) is 36.1 Å². The molecule has 0 spiro atoms. The Morgan fingerprint density at radius 1 is 1.32 bits per heavy atom. The van der Waals surface area contributed by atoms with Crippen molar-refractivity contribution in [3.05, 3.63) is 29.3 Å². The van der Waals surface area contributed by atoms with Gasteiger partial charge >= 0.3 is 0 Å². The van der Waals surface area contributed by atoms with Crippen LogP contribution in [0.5, 0.6) is 5.75 Å². The Kier molecular flexibility index (Phi) is 3.52. The average Bonchev–Trinajstić information content (AvgIpc) is 2.44. The summed E-state index contributed by atoms with van der Waals surface area (Å²) in [5, 5.41) is 10.3. The summed E-state index contributed by atoms with van der Waals surface area (Å²) in [6, 6.07) is 6.07. The van der Waals surface area contributed by atoms with Crippen LogP contribution in [-0.4, -0.2) is 22.2 Å². The van der Waals surface area contributed by atoms with Crippen molar-refractivity contribution in [2.75, 3.05) is 5.75 Å². The van der Waals surface area contributed by atoms with E-state index in [-0.39, 0.29) is 11.5 Å². The zero-order valence-corrected chi connectivity index (χ0v) is 12.4. The highest BCUT2D eigenvalue weighted by Crippen LogP contribution is 2.45. The Bertz CT molecular complexity index is 476. The molecular formula is C16H23NOS. The van der Waals surface area contributed by atoms with Crippen LogP contribution in [0.1, 0.15) is 43.7 Å². The molecule has 0 aromatic heterocycles. The van der Waals surface area contributed by atoms with E-state index in [4.69, 9.17) is 5.73 Å². The number of fused-ring (bicyclic) bond motifs is 4. The van der Waals surface area contributed by atoms with Crippen LogP contribution in [0.4, 0.5) is 0 Å². The molecule has 1 aliphatic heterocycles. The highest BCUT2D eigenvalue weighted by atomic mass is 32.2. The van der Waals surface area contributed by atoms with Gasteiger partial charge in [-0.15, -0.1) is 0 Å². The van der Waals surface area contributed by atoms with Gasteiger partial charge in [-0.2, -0.15) is 11.8 Å². The monoisotopic (exact) mass is 277 g/mol. The number of benzene rings is 1. The molecule has 2 bridgehead atoms. The number of aromatic hydroxyl groups is 1. The molecule has 2 nitrogen and oxygen atoms in total. The number of hydrogen-bond donors (Lipinski definition) is 2. The average molecular weight is 277 g/mol. The molecule has 0 amide bonds. The molecule has 104 valence electrons. The second-order valence-electron chi connectivity index (χ2n) is 6.21. The molecule has 3 N–H and O–H groups in total. The molecule has 1 aromatic carbocycles. The van der Waals surface area contributed by atoms with Gasteiger partial charge in [0, 0.05) is 16.7 Å². The van der Waals surface area contributed by atoms with Crippen LogP contribution in [-0.2, 0) is 11.8 Å². The molecule has 0 saturated carbocycles. The Hall–Kier alpha value is -0.670. The predicted molar refractivity (Wildman–Crippen MR) is 81.9 cm³/mol. The topological polar surface area (TPSA) is 46.2 Å². The van der Waals surface area contributed by atoms with Gasteiger partial charge in [0.1, 0.15) is 5.75 Å². The molecule has 0 radical (unpaired) electrons. The summed E-state index contributed by atoms with van der Waals surface area (Å²) in [6.45, 7) is 2.30. The van der Waals surface area contributed by atoms with E-state index in [9.17, 15) is 5.11 Å². The van der Waals surface area contributed by atoms with Gasteiger partial charge in [0.2, 0.25) is 0 Å². The summed E-state index contributed by atoms with van der Waals surface area (Å²) >= 11 is 2.05. The quantitative estimate of drug-likeness (QED) is 0.765. The van der Waals surface area contributed by atoms with Gasteiger partial charge in [0.15, 0.2) is 0 Å². The molecule has 1 saturated heterocycles. The SMILES string of the molecule is CC12CCCCCSC(Cc3ccc(O)cc31)C2N. The summed E-state index contributed by atoms with van der Waals surface area (Å²) in [4.78, 5) is 0. The van der Waals surface area contributed by atoms with E-state index in [1.54, 1.807) is 0 Å². The van der Waals surface area contributed by atoms with Crippen LogP contribution in [0.15, 0.2) is 18.2 Å². The van der Waals surface area contributed by atoms with E-state index < -0.39 is 0 Å². The summed E-state index contributed by atoms with van der Waals surface area (Å²) in [5.74, 6) is 1.61. The van der Waals surface area contributed by atoms with Gasteiger partial charge in [0.05, 0.1) is 0 Å². The molecule has 1 aromatic rings. The first-order chi connectivity index (χ1) is 9.11. The minimum Gasteiger partial charge on any atom is -0.508 e. The molecule has 3 heteroatoms. The van der Waals surface area contributed by atoms with Crippen molar-refractivity contribution in [1.82, 2.24) is 0 Å². The normalized spacial score (nSPS) is 34.8. The summed E-state index contributed by atoms with van der Waals surface area (Å²) in [6.07, 6.45) is 6.05. The molecule has 3 rings (SSSR count). The highest BCUT2D eigenvalue weighted by Gasteiger charge is 2.43. The van der Waals surface area contributed by atoms with Crippen LogP contribution >= 0.6 is 11.8 Å². The Morgan fingerprint density at radius 3 is 3.00 bits per heavy atom. The first kappa shape index (κ1) is 13.3. The zero-order valence-electron chi connectivity index (χ0n) is 11.6. The number of rotatable bonds is 0. The van der Waals surface area contributed by atoms with Crippen molar-refractivity contribution < 1.29 is 5.11 Å². The lowest BCUT2D eigenvalue weighted by Crippen LogP contribution is -2.53. The third-order valence-electron chi connectivity index (χ3n) is 4.94. The maximum Gasteiger partial charge on any atom is 0.115 e. The van der Waals surface area contributed by atoms with Gasteiger partial charge in [-0.05, 0) is 48.3 Å². The van der Waals surface area contributed by atoms with Crippen molar-refractivity contribution in [1.29, 1.82) is 0 Å². The van der Waals surface area contributed by atoms with Gasteiger partial charge in [-0.1, -0.05) is 25.8 Å². The maximum atomic E-state index is 9.82. The van der Waals surface area contributed by atoms with E-state index >= 15 is 0 Å². The van der Waals surface area contributed by atoms with Gasteiger partial charge in [-0.3, -0.25) is 0 Å². The van der Waals surface area contributed by atoms with E-state index in [1.807, 2.05) is 12.1 Å². The molecule has 1 heterocycles. The standard InChI is InChI=1S/C16H23NOS/c1-16-7-3-2-4-8-19-14(15(16)17)9-11-5-6-12(18)10-13(11)16/h5-6,10,14-15,18H,2-4,7-9,17H2,1H3. The first-order valence-corrected chi connectivity index (χ1v) is 8.36. The molecule has 1 aliphatic carbocycles. The minimum absolute atomic E-state index is 0.0222. The lowest BCUT2D eigenvalue weighted by molar-refractivity contribution is 0.310. The highest BCUT2D eigenvalue weighted by molar-refractivity contribution is 7.99. The minimum atomic E-state index is 0.0222. The molecule has 3 unspecified atom stereocenters. The van der Waals surface area contributed by atoms with Crippen molar-refractivity contribution in [3.8, 4) is 5.75 Å². The summed E-state index contributed by atoms with van der Waals surface area (Å²) in [7, 11) is 0. The molecule has 1 fully saturated rings. The van der Waals surface area contributed by atoms with E-state index in [0.717, 1.165) is 12.8 Å². The van der Waals surface area contributed by atoms with E-state index in [2.05, 4.69) is 24.8 Å². The van der Waals surface area contributed by atoms with Crippen LogP contribution in [0.2, 0.25) is 0 Å².